The topological polar surface area (TPSA) is 60.5 Å². The normalized spacial score (nSPS) is 11.1. The summed E-state index contributed by atoms with van der Waals surface area (Å²) in [5, 5.41) is 4.14. The van der Waals surface area contributed by atoms with Crippen molar-refractivity contribution in [2.75, 3.05) is 7.11 Å². The number of carbonyl (C=O) groups is 1. The first-order valence-electron chi connectivity index (χ1n) is 9.97. The molecule has 4 rings (SSSR count). The number of hydrazone groups is 1. The number of aromatic nitrogens is 2. The van der Waals surface area contributed by atoms with E-state index in [1.165, 1.54) is 0 Å². The van der Waals surface area contributed by atoms with E-state index in [1.54, 1.807) is 25.5 Å². The number of methoxy groups -OCH3 is 1. The molecule has 0 aliphatic carbocycles. The van der Waals surface area contributed by atoms with E-state index in [-0.39, 0.29) is 5.91 Å². The highest BCUT2D eigenvalue weighted by Gasteiger charge is 2.08. The van der Waals surface area contributed by atoms with Gasteiger partial charge >= 0.3 is 0 Å². The van der Waals surface area contributed by atoms with E-state index >= 15 is 0 Å². The van der Waals surface area contributed by atoms with Gasteiger partial charge in [0.25, 0.3) is 5.91 Å². The number of aryl methyl sites for hydroxylation is 2. The Labute approximate surface area is 181 Å². The minimum atomic E-state index is -0.258. The molecule has 0 saturated carbocycles. The van der Waals surface area contributed by atoms with Crippen LogP contribution in [0.5, 0.6) is 5.75 Å². The van der Waals surface area contributed by atoms with Gasteiger partial charge in [0.05, 0.1) is 19.0 Å². The van der Waals surface area contributed by atoms with Crippen LogP contribution in [0.2, 0.25) is 0 Å². The quantitative estimate of drug-likeness (QED) is 0.370. The number of carbonyl (C=O) groups excluding carboxylic acids is 1. The lowest BCUT2D eigenvalue weighted by Gasteiger charge is -2.10. The zero-order valence-corrected chi connectivity index (χ0v) is 17.7. The summed E-state index contributed by atoms with van der Waals surface area (Å²) >= 11 is 0. The van der Waals surface area contributed by atoms with Crippen molar-refractivity contribution in [2.45, 2.75) is 13.8 Å². The first-order valence-corrected chi connectivity index (χ1v) is 9.97. The first kappa shape index (κ1) is 20.2. The van der Waals surface area contributed by atoms with Crippen molar-refractivity contribution in [3.8, 4) is 17.1 Å². The molecule has 2 heterocycles. The Morgan fingerprint density at radius 1 is 0.903 bits per heavy atom. The van der Waals surface area contributed by atoms with Crippen LogP contribution < -0.4 is 10.2 Å². The molecule has 0 saturated heterocycles. The summed E-state index contributed by atoms with van der Waals surface area (Å²) < 4.78 is 9.33. The van der Waals surface area contributed by atoms with E-state index in [4.69, 9.17) is 4.74 Å². The van der Waals surface area contributed by atoms with Crippen molar-refractivity contribution in [1.29, 1.82) is 0 Å². The molecule has 4 aromatic rings. The molecule has 1 N–H and O–H groups in total. The highest BCUT2D eigenvalue weighted by atomic mass is 16.5. The smallest absolute Gasteiger partial charge is 0.271 e. The molecule has 6 nitrogen and oxygen atoms in total. The third kappa shape index (κ3) is 4.28. The van der Waals surface area contributed by atoms with Crippen LogP contribution in [0.25, 0.3) is 11.4 Å². The third-order valence-electron chi connectivity index (χ3n) is 5.15. The molecule has 0 spiro atoms. The van der Waals surface area contributed by atoms with Gasteiger partial charge in [-0.1, -0.05) is 0 Å². The van der Waals surface area contributed by atoms with Gasteiger partial charge in [-0.2, -0.15) is 5.10 Å². The van der Waals surface area contributed by atoms with Crippen LogP contribution in [0.4, 0.5) is 0 Å². The average Bonchev–Trinajstić information content (AvgIpc) is 3.40. The number of nitrogens with zero attached hydrogens (tertiary/aromatic N) is 3. The average molecular weight is 412 g/mol. The maximum atomic E-state index is 12.5. The second-order valence-corrected chi connectivity index (χ2v) is 7.20. The van der Waals surface area contributed by atoms with E-state index in [9.17, 15) is 4.79 Å². The third-order valence-corrected chi connectivity index (χ3v) is 5.15. The van der Waals surface area contributed by atoms with Crippen molar-refractivity contribution in [2.24, 2.45) is 5.10 Å². The Morgan fingerprint density at radius 2 is 1.55 bits per heavy atom. The van der Waals surface area contributed by atoms with Gasteiger partial charge in [-0.15, -0.1) is 0 Å². The van der Waals surface area contributed by atoms with Crippen LogP contribution in [-0.4, -0.2) is 28.4 Å². The molecule has 1 amide bonds. The summed E-state index contributed by atoms with van der Waals surface area (Å²) in [4.78, 5) is 12.5. The highest BCUT2D eigenvalue weighted by Crippen LogP contribution is 2.18. The standard InChI is InChI=1S/C25H24N4O2/c1-18-6-7-19(2)29(18)22-10-8-20(9-11-22)25(30)27-26-17-23-5-4-16-28(23)21-12-14-24(31-3)15-13-21/h4-17H,1-3H3,(H,27,30)/b26-17-. The van der Waals surface area contributed by atoms with E-state index < -0.39 is 0 Å². The fourth-order valence-electron chi connectivity index (χ4n) is 3.54. The maximum absolute atomic E-state index is 12.5. The van der Waals surface area contributed by atoms with Crippen molar-refractivity contribution < 1.29 is 9.53 Å². The summed E-state index contributed by atoms with van der Waals surface area (Å²) in [7, 11) is 1.64. The van der Waals surface area contributed by atoms with Gasteiger partial charge in [0.2, 0.25) is 0 Å². The van der Waals surface area contributed by atoms with Crippen LogP contribution in [0.15, 0.2) is 84.1 Å². The first-order chi connectivity index (χ1) is 15.1. The predicted octanol–water partition coefficient (Wildman–Crippen LogP) is 4.66. The molecule has 156 valence electrons. The number of amides is 1. The Balaban J connectivity index is 1.44. The lowest BCUT2D eigenvalue weighted by molar-refractivity contribution is 0.0955. The van der Waals surface area contributed by atoms with Gasteiger partial charge in [-0.05, 0) is 86.6 Å². The minimum Gasteiger partial charge on any atom is -0.497 e. The van der Waals surface area contributed by atoms with Crippen molar-refractivity contribution in [3.63, 3.8) is 0 Å². The van der Waals surface area contributed by atoms with Crippen molar-refractivity contribution >= 4 is 12.1 Å². The zero-order valence-electron chi connectivity index (χ0n) is 17.7. The lowest BCUT2D eigenvalue weighted by atomic mass is 10.2. The Morgan fingerprint density at radius 3 is 2.19 bits per heavy atom. The van der Waals surface area contributed by atoms with Crippen molar-refractivity contribution in [3.05, 3.63) is 102 Å². The molecule has 0 aliphatic rings. The maximum Gasteiger partial charge on any atom is 0.271 e. The fraction of sp³-hybridized carbons (Fsp3) is 0.120. The summed E-state index contributed by atoms with van der Waals surface area (Å²) in [6.07, 6.45) is 3.57. The molecule has 0 fully saturated rings. The number of hydrogen-bond acceptors (Lipinski definition) is 3. The second-order valence-electron chi connectivity index (χ2n) is 7.20. The van der Waals surface area contributed by atoms with Gasteiger partial charge in [0.1, 0.15) is 5.75 Å². The van der Waals surface area contributed by atoms with Gasteiger partial charge in [-0.25, -0.2) is 5.43 Å². The van der Waals surface area contributed by atoms with Crippen LogP contribution in [-0.2, 0) is 0 Å². The number of rotatable bonds is 6. The molecule has 6 heteroatoms. The summed E-state index contributed by atoms with van der Waals surface area (Å²) in [6.45, 7) is 4.12. The molecule has 0 atom stereocenters. The highest BCUT2D eigenvalue weighted by molar-refractivity contribution is 5.95. The van der Waals surface area contributed by atoms with Crippen molar-refractivity contribution in [1.82, 2.24) is 14.6 Å². The number of hydrogen-bond donors (Lipinski definition) is 1. The van der Waals surface area contributed by atoms with E-state index in [0.29, 0.717) is 5.56 Å². The van der Waals surface area contributed by atoms with Crippen LogP contribution in [0.3, 0.4) is 0 Å². The molecule has 0 unspecified atom stereocenters. The van der Waals surface area contributed by atoms with Gasteiger partial charge < -0.3 is 13.9 Å². The number of ether oxygens (including phenoxy) is 1. The van der Waals surface area contributed by atoms with E-state index in [0.717, 1.165) is 34.2 Å². The minimum absolute atomic E-state index is 0.258. The van der Waals surface area contributed by atoms with Crippen LogP contribution >= 0.6 is 0 Å². The molecule has 31 heavy (non-hydrogen) atoms. The van der Waals surface area contributed by atoms with Gasteiger partial charge in [-0.3, -0.25) is 4.79 Å². The molecule has 2 aromatic carbocycles. The van der Waals surface area contributed by atoms with E-state index in [1.807, 2.05) is 59.3 Å². The molecular formula is C25H24N4O2. The Kier molecular flexibility index (Phi) is 5.71. The summed E-state index contributed by atoms with van der Waals surface area (Å²) in [6, 6.07) is 23.2. The molecule has 2 aromatic heterocycles. The zero-order chi connectivity index (χ0) is 21.8. The SMILES string of the molecule is COc1ccc(-n2cccc2/C=N\NC(=O)c2ccc(-n3c(C)ccc3C)cc2)cc1. The largest absolute Gasteiger partial charge is 0.497 e. The summed E-state index contributed by atoms with van der Waals surface area (Å²) in [5.41, 5.74) is 8.30. The molecular weight excluding hydrogens is 388 g/mol. The van der Waals surface area contributed by atoms with Crippen LogP contribution in [0.1, 0.15) is 27.4 Å². The van der Waals surface area contributed by atoms with Gasteiger partial charge in [0, 0.05) is 34.5 Å². The molecule has 0 radical (unpaired) electrons. The van der Waals surface area contributed by atoms with Crippen LogP contribution in [0, 0.1) is 13.8 Å². The summed E-state index contributed by atoms with van der Waals surface area (Å²) in [5.74, 6) is 0.540. The lowest BCUT2D eigenvalue weighted by Crippen LogP contribution is -2.18. The predicted molar refractivity (Wildman–Crippen MR) is 123 cm³/mol. The Bertz CT molecular complexity index is 1200. The number of nitrogens with one attached hydrogen (secondary N) is 1. The fourth-order valence-corrected chi connectivity index (χ4v) is 3.54. The van der Waals surface area contributed by atoms with E-state index in [2.05, 4.69) is 41.1 Å². The Hall–Kier alpha value is -4.06. The monoisotopic (exact) mass is 412 g/mol. The molecule has 0 aliphatic heterocycles. The molecule has 0 bridgehead atoms. The van der Waals surface area contributed by atoms with Gasteiger partial charge in [0.15, 0.2) is 0 Å². The second kappa shape index (κ2) is 8.75. The number of benzene rings is 2.